The molecule has 3 heterocycles. The fourth-order valence-corrected chi connectivity index (χ4v) is 4.81. The minimum Gasteiger partial charge on any atom is -0.369 e. The largest absolute Gasteiger partial charge is 0.369 e. The molecule has 0 aliphatic carbocycles. The molecule has 2 aromatic rings. The van der Waals surface area contributed by atoms with E-state index in [0.717, 1.165) is 6.26 Å². The highest BCUT2D eigenvalue weighted by atomic mass is 32.2. The lowest BCUT2D eigenvalue weighted by atomic mass is 10.0. The van der Waals surface area contributed by atoms with Gasteiger partial charge in [0.1, 0.15) is 11.7 Å². The van der Waals surface area contributed by atoms with E-state index in [9.17, 15) is 30.8 Å². The van der Waals surface area contributed by atoms with E-state index in [-0.39, 0.29) is 17.9 Å². The highest BCUT2D eigenvalue weighted by Gasteiger charge is 2.39. The lowest BCUT2D eigenvalue weighted by Crippen LogP contribution is -2.47. The summed E-state index contributed by atoms with van der Waals surface area (Å²) in [6, 6.07) is 0.422. The lowest BCUT2D eigenvalue weighted by molar-refractivity contribution is -0.130. The van der Waals surface area contributed by atoms with Gasteiger partial charge in [-0.1, -0.05) is 0 Å². The van der Waals surface area contributed by atoms with Gasteiger partial charge in [0.25, 0.3) is 11.8 Å². The summed E-state index contributed by atoms with van der Waals surface area (Å²) < 4.78 is 83.2. The van der Waals surface area contributed by atoms with Crippen LogP contribution in [0.15, 0.2) is 21.6 Å². The van der Waals surface area contributed by atoms with Crippen molar-refractivity contribution >= 4 is 27.4 Å². The van der Waals surface area contributed by atoms with Crippen LogP contribution >= 0.6 is 0 Å². The van der Waals surface area contributed by atoms with Crippen LogP contribution in [-0.4, -0.2) is 67.3 Å². The zero-order chi connectivity index (χ0) is 24.8. The molecule has 2 aliphatic heterocycles. The van der Waals surface area contributed by atoms with Gasteiger partial charge in [-0.3, -0.25) is 4.79 Å². The highest BCUT2D eigenvalue weighted by molar-refractivity contribution is 7.90. The number of alkyl halides is 2. The van der Waals surface area contributed by atoms with Crippen molar-refractivity contribution < 1.29 is 35.3 Å². The van der Waals surface area contributed by atoms with Crippen LogP contribution in [-0.2, 0) is 20.6 Å². The molecule has 0 radical (unpaired) electrons. The number of hydrogen-bond donors (Lipinski definition) is 1. The standard InChI is InChI=1S/C20H23F4N5O4S/c1-20(23,24)18-26-19(27-33-18)28-6-3-11(4-7-28)29-8-5-15(17(29)30)25-16-13(21)9-12(10-14(16)22)34(2,31)32/h9-11,15,25H,3-8H2,1-2H3. The number of amides is 1. The molecule has 2 saturated heterocycles. The summed E-state index contributed by atoms with van der Waals surface area (Å²) in [5, 5.41) is 6.18. The van der Waals surface area contributed by atoms with Crippen LogP contribution in [0.4, 0.5) is 29.2 Å². The molecule has 0 bridgehead atoms. The first-order valence-corrected chi connectivity index (χ1v) is 12.5. The average Bonchev–Trinajstić information content (AvgIpc) is 3.37. The topological polar surface area (TPSA) is 109 Å². The Morgan fingerprint density at radius 1 is 1.12 bits per heavy atom. The number of carbonyl (C=O) groups excluding carboxylic acids is 1. The van der Waals surface area contributed by atoms with Crippen molar-refractivity contribution in [1.29, 1.82) is 0 Å². The van der Waals surface area contributed by atoms with Crippen LogP contribution in [0.1, 0.15) is 32.1 Å². The minimum atomic E-state index is -3.80. The maximum absolute atomic E-state index is 14.4. The molecule has 4 rings (SSSR count). The first kappa shape index (κ1) is 24.2. The number of nitrogens with zero attached hydrogens (tertiary/aromatic N) is 4. The average molecular weight is 505 g/mol. The Morgan fingerprint density at radius 3 is 2.26 bits per heavy atom. The van der Waals surface area contributed by atoms with Crippen LogP contribution in [0.3, 0.4) is 0 Å². The molecule has 186 valence electrons. The highest BCUT2D eigenvalue weighted by Crippen LogP contribution is 2.30. The van der Waals surface area contributed by atoms with Crippen LogP contribution in [0, 0.1) is 11.6 Å². The summed E-state index contributed by atoms with van der Waals surface area (Å²) in [5.74, 6) is -6.47. The smallest absolute Gasteiger partial charge is 0.322 e. The second-order valence-corrected chi connectivity index (χ2v) is 10.6. The van der Waals surface area contributed by atoms with Gasteiger partial charge in [-0.15, -0.1) is 0 Å². The van der Waals surface area contributed by atoms with E-state index in [2.05, 4.69) is 20.0 Å². The number of likely N-dealkylation sites (tertiary alicyclic amines) is 1. The second kappa shape index (κ2) is 8.71. The van der Waals surface area contributed by atoms with Gasteiger partial charge in [-0.2, -0.15) is 13.8 Å². The van der Waals surface area contributed by atoms with E-state index in [0.29, 0.717) is 58.0 Å². The van der Waals surface area contributed by atoms with Crippen molar-refractivity contribution in [2.75, 3.05) is 36.1 Å². The lowest BCUT2D eigenvalue weighted by Gasteiger charge is -2.36. The number of rotatable bonds is 6. The summed E-state index contributed by atoms with van der Waals surface area (Å²) in [6.45, 7) is 1.87. The molecule has 1 unspecified atom stereocenters. The van der Waals surface area contributed by atoms with Crippen molar-refractivity contribution in [1.82, 2.24) is 15.0 Å². The number of benzene rings is 1. The molecular formula is C20H23F4N5O4S. The third kappa shape index (κ3) is 4.81. The van der Waals surface area contributed by atoms with Crippen molar-refractivity contribution in [2.24, 2.45) is 0 Å². The van der Waals surface area contributed by atoms with E-state index < -0.39 is 49.9 Å². The maximum Gasteiger partial charge on any atom is 0.322 e. The van der Waals surface area contributed by atoms with Gasteiger partial charge in [0.05, 0.1) is 4.90 Å². The van der Waals surface area contributed by atoms with E-state index in [1.54, 1.807) is 9.80 Å². The molecule has 1 aromatic carbocycles. The SMILES string of the molecule is CC(F)(F)c1nc(N2CCC(N3CCC(Nc4c(F)cc(S(C)(=O)=O)cc4F)C3=O)CC2)no1. The van der Waals surface area contributed by atoms with Gasteiger partial charge in [-0.25, -0.2) is 17.2 Å². The summed E-state index contributed by atoms with van der Waals surface area (Å²) in [4.78, 5) is 19.5. The number of aromatic nitrogens is 2. The Labute approximate surface area is 193 Å². The molecule has 2 fully saturated rings. The molecule has 0 saturated carbocycles. The molecule has 1 amide bonds. The van der Waals surface area contributed by atoms with Crippen molar-refractivity contribution in [3.05, 3.63) is 29.7 Å². The zero-order valence-electron chi connectivity index (χ0n) is 18.4. The van der Waals surface area contributed by atoms with Crippen LogP contribution in [0.2, 0.25) is 0 Å². The molecule has 1 aromatic heterocycles. The van der Waals surface area contributed by atoms with E-state index in [1.807, 2.05) is 0 Å². The Bertz CT molecular complexity index is 1170. The predicted molar refractivity (Wildman–Crippen MR) is 112 cm³/mol. The van der Waals surface area contributed by atoms with Crippen LogP contribution in [0.5, 0.6) is 0 Å². The van der Waals surface area contributed by atoms with Crippen LogP contribution in [0.25, 0.3) is 0 Å². The number of halogens is 4. The monoisotopic (exact) mass is 505 g/mol. The molecule has 2 aliphatic rings. The van der Waals surface area contributed by atoms with E-state index in [1.165, 1.54) is 0 Å². The molecular weight excluding hydrogens is 482 g/mol. The van der Waals surface area contributed by atoms with E-state index in [4.69, 9.17) is 0 Å². The molecule has 14 heteroatoms. The zero-order valence-corrected chi connectivity index (χ0v) is 19.2. The number of hydrogen-bond acceptors (Lipinski definition) is 8. The Morgan fingerprint density at radius 2 is 1.74 bits per heavy atom. The number of carbonyl (C=O) groups is 1. The van der Waals surface area contributed by atoms with Gasteiger partial charge in [0, 0.05) is 38.9 Å². The number of sulfone groups is 1. The van der Waals surface area contributed by atoms with Gasteiger partial charge >= 0.3 is 5.92 Å². The third-order valence-corrected chi connectivity index (χ3v) is 7.07. The predicted octanol–water partition coefficient (Wildman–Crippen LogP) is 2.54. The molecule has 0 spiro atoms. The van der Waals surface area contributed by atoms with Crippen LogP contribution < -0.4 is 10.2 Å². The van der Waals surface area contributed by atoms with Gasteiger partial charge in [0.2, 0.25) is 5.91 Å². The fourth-order valence-electron chi connectivity index (χ4n) is 4.17. The Hall–Kier alpha value is -2.90. The maximum atomic E-state index is 14.4. The first-order valence-electron chi connectivity index (χ1n) is 10.6. The van der Waals surface area contributed by atoms with Crippen molar-refractivity contribution in [2.45, 2.75) is 49.1 Å². The number of anilines is 2. The Balaban J connectivity index is 1.38. The summed E-state index contributed by atoms with van der Waals surface area (Å²) >= 11 is 0. The van der Waals surface area contributed by atoms with Crippen molar-refractivity contribution in [3.8, 4) is 0 Å². The van der Waals surface area contributed by atoms with Crippen molar-refractivity contribution in [3.63, 3.8) is 0 Å². The van der Waals surface area contributed by atoms with Gasteiger partial charge in [-0.05, 0) is 36.6 Å². The summed E-state index contributed by atoms with van der Waals surface area (Å²) in [6.07, 6.45) is 2.20. The van der Waals surface area contributed by atoms with E-state index >= 15 is 0 Å². The first-order chi connectivity index (χ1) is 15.8. The normalized spacial score (nSPS) is 20.3. The molecule has 1 atom stereocenters. The molecule has 9 nitrogen and oxygen atoms in total. The minimum absolute atomic E-state index is 0.0609. The van der Waals surface area contributed by atoms with Gasteiger partial charge < -0.3 is 19.6 Å². The quantitative estimate of drug-likeness (QED) is 0.597. The number of nitrogens with one attached hydrogen (secondary N) is 1. The van der Waals surface area contributed by atoms with Gasteiger partial charge in [0.15, 0.2) is 21.5 Å². The summed E-state index contributed by atoms with van der Waals surface area (Å²) in [7, 11) is -3.80. The fraction of sp³-hybridized carbons (Fsp3) is 0.550. The molecule has 34 heavy (non-hydrogen) atoms. The third-order valence-electron chi connectivity index (χ3n) is 5.98. The number of piperidine rings is 1. The molecule has 1 N–H and O–H groups in total. The second-order valence-electron chi connectivity index (χ2n) is 8.56. The Kier molecular flexibility index (Phi) is 6.21. The summed E-state index contributed by atoms with van der Waals surface area (Å²) in [5.41, 5.74) is -0.553.